The Balaban J connectivity index is 2.02. The summed E-state index contributed by atoms with van der Waals surface area (Å²) in [6.07, 6.45) is -2.54. The van der Waals surface area contributed by atoms with E-state index in [1.54, 1.807) is 0 Å². The minimum Gasteiger partial charge on any atom is -0.436 e. The van der Waals surface area contributed by atoms with Gasteiger partial charge < -0.3 is 4.42 Å². The highest BCUT2D eigenvalue weighted by Gasteiger charge is 2.13. The molecule has 0 aliphatic heterocycles. The van der Waals surface area contributed by atoms with E-state index in [4.69, 9.17) is 4.42 Å². The van der Waals surface area contributed by atoms with Crippen LogP contribution < -0.4 is 0 Å². The molecule has 0 saturated heterocycles. The van der Waals surface area contributed by atoms with Crippen molar-refractivity contribution in [1.29, 1.82) is 0 Å². The number of aromatic nitrogens is 1. The van der Waals surface area contributed by atoms with Gasteiger partial charge in [0.25, 0.3) is 12.1 Å². The van der Waals surface area contributed by atoms with E-state index in [1.807, 2.05) is 0 Å². The lowest BCUT2D eigenvalue weighted by molar-refractivity contribution is -0.384. The van der Waals surface area contributed by atoms with Crippen molar-refractivity contribution in [2.45, 2.75) is 6.43 Å². The van der Waals surface area contributed by atoms with Crippen molar-refractivity contribution in [3.8, 4) is 11.5 Å². The molecule has 0 amide bonds. The molecule has 1 heterocycles. The summed E-state index contributed by atoms with van der Waals surface area (Å²) in [7, 11) is 0. The number of oxazole rings is 1. The van der Waals surface area contributed by atoms with Crippen molar-refractivity contribution in [2.75, 3.05) is 0 Å². The molecule has 0 unspecified atom stereocenters. The Labute approximate surface area is 117 Å². The normalized spacial score (nSPS) is 11.2. The zero-order valence-electron chi connectivity index (χ0n) is 10.5. The van der Waals surface area contributed by atoms with Crippen molar-refractivity contribution in [3.05, 3.63) is 58.1 Å². The smallest absolute Gasteiger partial charge is 0.271 e. The molecule has 3 aromatic rings. The Bertz CT molecular complexity index is 813. The molecule has 0 atom stereocenters. The van der Waals surface area contributed by atoms with E-state index in [0.717, 1.165) is 0 Å². The van der Waals surface area contributed by atoms with Crippen molar-refractivity contribution in [1.82, 2.24) is 4.98 Å². The summed E-state index contributed by atoms with van der Waals surface area (Å²) >= 11 is 0. The van der Waals surface area contributed by atoms with Crippen LogP contribution in [0.3, 0.4) is 0 Å². The fourth-order valence-corrected chi connectivity index (χ4v) is 1.92. The topological polar surface area (TPSA) is 69.2 Å². The highest BCUT2D eigenvalue weighted by molar-refractivity contribution is 5.78. The SMILES string of the molecule is O=[N+]([O-])c1ccc2oc(-c3ccc(C(F)F)cc3)nc2c1. The minimum absolute atomic E-state index is 0.0876. The van der Waals surface area contributed by atoms with Crippen LogP contribution >= 0.6 is 0 Å². The first-order chi connectivity index (χ1) is 10.0. The average Bonchev–Trinajstić information content (AvgIpc) is 2.90. The fraction of sp³-hybridized carbons (Fsp3) is 0.0714. The number of hydrogen-bond acceptors (Lipinski definition) is 4. The van der Waals surface area contributed by atoms with Crippen LogP contribution in [0.15, 0.2) is 46.9 Å². The van der Waals surface area contributed by atoms with Gasteiger partial charge in [-0.15, -0.1) is 0 Å². The Morgan fingerprint density at radius 2 is 1.86 bits per heavy atom. The van der Waals surface area contributed by atoms with Gasteiger partial charge in [-0.3, -0.25) is 10.1 Å². The molecule has 0 aliphatic rings. The zero-order chi connectivity index (χ0) is 15.0. The molecule has 0 spiro atoms. The second-order valence-corrected chi connectivity index (χ2v) is 4.35. The lowest BCUT2D eigenvalue weighted by Crippen LogP contribution is -1.86. The second kappa shape index (κ2) is 4.93. The van der Waals surface area contributed by atoms with Crippen LogP contribution in [0.2, 0.25) is 0 Å². The quantitative estimate of drug-likeness (QED) is 0.531. The molecular formula is C14H8F2N2O3. The molecule has 7 heteroatoms. The number of nitro benzene ring substituents is 1. The van der Waals surface area contributed by atoms with Crippen molar-refractivity contribution in [3.63, 3.8) is 0 Å². The molecule has 106 valence electrons. The van der Waals surface area contributed by atoms with Gasteiger partial charge in [0.2, 0.25) is 5.89 Å². The highest BCUT2D eigenvalue weighted by atomic mass is 19.3. The number of fused-ring (bicyclic) bond motifs is 1. The molecule has 1 aromatic heterocycles. The third-order valence-electron chi connectivity index (χ3n) is 2.99. The number of benzene rings is 2. The molecule has 0 fully saturated rings. The van der Waals surface area contributed by atoms with Gasteiger partial charge in [-0.1, -0.05) is 12.1 Å². The second-order valence-electron chi connectivity index (χ2n) is 4.35. The fourth-order valence-electron chi connectivity index (χ4n) is 1.92. The molecule has 0 saturated carbocycles. The van der Waals surface area contributed by atoms with Crippen LogP contribution in [0.1, 0.15) is 12.0 Å². The Kier molecular flexibility index (Phi) is 3.09. The van der Waals surface area contributed by atoms with Gasteiger partial charge in [0, 0.05) is 23.3 Å². The van der Waals surface area contributed by atoms with Gasteiger partial charge in [-0.2, -0.15) is 0 Å². The first-order valence-electron chi connectivity index (χ1n) is 5.98. The predicted octanol–water partition coefficient (Wildman–Crippen LogP) is 4.34. The maximum atomic E-state index is 12.5. The van der Waals surface area contributed by atoms with Gasteiger partial charge in [-0.05, 0) is 18.2 Å². The summed E-state index contributed by atoms with van der Waals surface area (Å²) in [6.45, 7) is 0. The molecule has 0 aliphatic carbocycles. The first kappa shape index (κ1) is 13.2. The molecule has 3 rings (SSSR count). The molecule has 2 aromatic carbocycles. The van der Waals surface area contributed by atoms with Crippen molar-refractivity contribution in [2.24, 2.45) is 0 Å². The molecule has 0 N–H and O–H groups in total. The standard InChI is InChI=1S/C14H8F2N2O3/c15-13(16)8-1-3-9(4-2-8)14-17-11-7-10(18(19)20)5-6-12(11)21-14/h1-7,13H. The Hall–Kier alpha value is -2.83. The number of halogens is 2. The van der Waals surface area contributed by atoms with Gasteiger partial charge in [0.15, 0.2) is 5.58 Å². The minimum atomic E-state index is -2.54. The third-order valence-corrected chi connectivity index (χ3v) is 2.99. The lowest BCUT2D eigenvalue weighted by Gasteiger charge is -1.99. The van der Waals surface area contributed by atoms with E-state index in [-0.39, 0.29) is 17.1 Å². The number of nitrogens with zero attached hydrogens (tertiary/aromatic N) is 2. The maximum Gasteiger partial charge on any atom is 0.271 e. The molecule has 21 heavy (non-hydrogen) atoms. The van der Waals surface area contributed by atoms with Gasteiger partial charge >= 0.3 is 0 Å². The number of alkyl halides is 2. The summed E-state index contributed by atoms with van der Waals surface area (Å²) in [4.78, 5) is 14.3. The van der Waals surface area contributed by atoms with Crippen molar-refractivity contribution < 1.29 is 18.1 Å². The van der Waals surface area contributed by atoms with E-state index in [1.165, 1.54) is 42.5 Å². The van der Waals surface area contributed by atoms with E-state index in [9.17, 15) is 18.9 Å². The van der Waals surface area contributed by atoms with Crippen LogP contribution in [0, 0.1) is 10.1 Å². The summed E-state index contributed by atoms with van der Waals surface area (Å²) in [5.74, 6) is 0.228. The van der Waals surface area contributed by atoms with E-state index in [0.29, 0.717) is 16.7 Å². The van der Waals surface area contributed by atoms with Crippen LogP contribution in [0.5, 0.6) is 0 Å². The molecule has 0 bridgehead atoms. The Morgan fingerprint density at radius 3 is 2.48 bits per heavy atom. The molecular weight excluding hydrogens is 282 g/mol. The van der Waals surface area contributed by atoms with Gasteiger partial charge in [-0.25, -0.2) is 13.8 Å². The van der Waals surface area contributed by atoms with Gasteiger partial charge in [0.1, 0.15) is 5.52 Å². The predicted molar refractivity (Wildman–Crippen MR) is 71.1 cm³/mol. The maximum absolute atomic E-state index is 12.5. The number of rotatable bonds is 3. The van der Waals surface area contributed by atoms with Crippen LogP contribution in [-0.4, -0.2) is 9.91 Å². The Morgan fingerprint density at radius 1 is 1.14 bits per heavy atom. The number of nitro groups is 1. The number of hydrogen-bond donors (Lipinski definition) is 0. The lowest BCUT2D eigenvalue weighted by atomic mass is 10.1. The summed E-state index contributed by atoms with van der Waals surface area (Å²) in [5, 5.41) is 10.7. The molecule has 5 nitrogen and oxygen atoms in total. The van der Waals surface area contributed by atoms with Crippen LogP contribution in [0.25, 0.3) is 22.6 Å². The van der Waals surface area contributed by atoms with Crippen LogP contribution in [0.4, 0.5) is 14.5 Å². The van der Waals surface area contributed by atoms with E-state index < -0.39 is 11.3 Å². The third kappa shape index (κ3) is 2.45. The number of non-ortho nitro benzene ring substituents is 1. The first-order valence-corrected chi connectivity index (χ1v) is 5.98. The van der Waals surface area contributed by atoms with Crippen molar-refractivity contribution >= 4 is 16.8 Å². The van der Waals surface area contributed by atoms with E-state index >= 15 is 0 Å². The monoisotopic (exact) mass is 290 g/mol. The highest BCUT2D eigenvalue weighted by Crippen LogP contribution is 2.28. The molecule has 0 radical (unpaired) electrons. The largest absolute Gasteiger partial charge is 0.436 e. The average molecular weight is 290 g/mol. The summed E-state index contributed by atoms with van der Waals surface area (Å²) < 4.78 is 30.4. The zero-order valence-corrected chi connectivity index (χ0v) is 10.5. The van der Waals surface area contributed by atoms with Gasteiger partial charge in [0.05, 0.1) is 4.92 Å². The summed E-state index contributed by atoms with van der Waals surface area (Å²) in [6, 6.07) is 9.60. The summed E-state index contributed by atoms with van der Waals surface area (Å²) in [5.41, 5.74) is 1.09. The van der Waals surface area contributed by atoms with E-state index in [2.05, 4.69) is 4.98 Å². The van der Waals surface area contributed by atoms with Crippen LogP contribution in [-0.2, 0) is 0 Å².